The van der Waals surface area contributed by atoms with Crippen LogP contribution in [0.2, 0.25) is 0 Å². The van der Waals surface area contributed by atoms with Crippen molar-refractivity contribution in [2.75, 3.05) is 37.4 Å². The van der Waals surface area contributed by atoms with Gasteiger partial charge in [0.2, 0.25) is 0 Å². The molecule has 1 saturated heterocycles. The molecule has 30 heavy (non-hydrogen) atoms. The third-order valence-corrected chi connectivity index (χ3v) is 6.67. The first kappa shape index (κ1) is 20.5. The van der Waals surface area contributed by atoms with Gasteiger partial charge in [0, 0.05) is 37.1 Å². The van der Waals surface area contributed by atoms with Gasteiger partial charge in [-0.25, -0.2) is 4.98 Å². The van der Waals surface area contributed by atoms with Gasteiger partial charge < -0.3 is 20.7 Å². The lowest BCUT2D eigenvalue weighted by atomic mass is 10.1. The molecule has 1 aliphatic rings. The molecule has 0 saturated carbocycles. The number of piperidine rings is 1. The zero-order valence-electron chi connectivity index (χ0n) is 17.5. The zero-order chi connectivity index (χ0) is 21.1. The van der Waals surface area contributed by atoms with Crippen molar-refractivity contribution in [3.63, 3.8) is 0 Å². The van der Waals surface area contributed by atoms with Gasteiger partial charge in [0.05, 0.1) is 18.2 Å². The summed E-state index contributed by atoms with van der Waals surface area (Å²) in [7, 11) is 1.60. The average molecular weight is 425 g/mol. The van der Waals surface area contributed by atoms with Gasteiger partial charge >= 0.3 is 0 Å². The van der Waals surface area contributed by atoms with Crippen molar-refractivity contribution in [1.82, 2.24) is 10.3 Å². The average Bonchev–Trinajstić information content (AvgIpc) is 3.10. The SMILES string of the molecule is COc1cc(C)nc2sc(C(=O)NCCc3ccc(N4CCCCC4)cc3)c(N)c12. The Balaban J connectivity index is 1.38. The molecule has 1 fully saturated rings. The molecule has 0 atom stereocenters. The Hall–Kier alpha value is -2.80. The number of anilines is 2. The van der Waals surface area contributed by atoms with Crippen LogP contribution >= 0.6 is 11.3 Å². The van der Waals surface area contributed by atoms with E-state index in [2.05, 4.69) is 39.5 Å². The van der Waals surface area contributed by atoms with E-state index in [0.717, 1.165) is 30.0 Å². The molecule has 0 unspecified atom stereocenters. The molecular formula is C23H28N4O2S. The summed E-state index contributed by atoms with van der Waals surface area (Å²) in [5.41, 5.74) is 10.0. The molecule has 3 heterocycles. The second kappa shape index (κ2) is 8.92. The predicted molar refractivity (Wildman–Crippen MR) is 124 cm³/mol. The van der Waals surface area contributed by atoms with Crippen LogP contribution in [0.4, 0.5) is 11.4 Å². The second-order valence-corrected chi connectivity index (χ2v) is 8.71. The van der Waals surface area contributed by atoms with Crippen molar-refractivity contribution < 1.29 is 9.53 Å². The van der Waals surface area contributed by atoms with Crippen LogP contribution in [-0.2, 0) is 6.42 Å². The first-order chi connectivity index (χ1) is 14.6. The number of hydrogen-bond donors (Lipinski definition) is 2. The number of carbonyl (C=O) groups is 1. The summed E-state index contributed by atoms with van der Waals surface area (Å²) in [6.07, 6.45) is 4.66. The highest BCUT2D eigenvalue weighted by molar-refractivity contribution is 7.21. The fourth-order valence-electron chi connectivity index (χ4n) is 3.96. The highest BCUT2D eigenvalue weighted by atomic mass is 32.1. The molecule has 1 amide bonds. The van der Waals surface area contributed by atoms with Crippen LogP contribution in [-0.4, -0.2) is 37.6 Å². The van der Waals surface area contributed by atoms with Crippen LogP contribution in [0, 0.1) is 6.92 Å². The number of carbonyl (C=O) groups excluding carboxylic acids is 1. The van der Waals surface area contributed by atoms with Gasteiger partial charge in [0.15, 0.2) is 0 Å². The highest BCUT2D eigenvalue weighted by Crippen LogP contribution is 2.38. The lowest BCUT2D eigenvalue weighted by molar-refractivity contribution is 0.0959. The van der Waals surface area contributed by atoms with Crippen LogP contribution in [0.25, 0.3) is 10.2 Å². The van der Waals surface area contributed by atoms with Gasteiger partial charge in [0.25, 0.3) is 5.91 Å². The number of amides is 1. The molecule has 3 aromatic rings. The Labute approximate surface area is 181 Å². The lowest BCUT2D eigenvalue weighted by Crippen LogP contribution is -2.29. The van der Waals surface area contributed by atoms with Gasteiger partial charge in [-0.05, 0) is 50.3 Å². The molecule has 7 heteroatoms. The van der Waals surface area contributed by atoms with Crippen LogP contribution < -0.4 is 20.7 Å². The Morgan fingerprint density at radius 2 is 1.97 bits per heavy atom. The van der Waals surface area contributed by atoms with Crippen molar-refractivity contribution in [3.8, 4) is 5.75 Å². The molecular weight excluding hydrogens is 396 g/mol. The summed E-state index contributed by atoms with van der Waals surface area (Å²) in [4.78, 5) is 20.9. The molecule has 2 aromatic heterocycles. The number of rotatable bonds is 6. The number of nitrogen functional groups attached to an aromatic ring is 1. The number of nitrogens with two attached hydrogens (primary N) is 1. The largest absolute Gasteiger partial charge is 0.496 e. The predicted octanol–water partition coefficient (Wildman–Crippen LogP) is 4.16. The van der Waals surface area contributed by atoms with Crippen LogP contribution in [0.1, 0.15) is 40.2 Å². The van der Waals surface area contributed by atoms with E-state index in [1.807, 2.05) is 13.0 Å². The van der Waals surface area contributed by atoms with Gasteiger partial charge in [-0.1, -0.05) is 12.1 Å². The summed E-state index contributed by atoms with van der Waals surface area (Å²) in [6.45, 7) is 4.74. The van der Waals surface area contributed by atoms with E-state index >= 15 is 0 Å². The van der Waals surface area contributed by atoms with E-state index in [1.54, 1.807) is 7.11 Å². The molecule has 0 aliphatic carbocycles. The summed E-state index contributed by atoms with van der Waals surface area (Å²) in [6, 6.07) is 10.5. The molecule has 0 radical (unpaired) electrons. The molecule has 0 bridgehead atoms. The molecule has 1 aliphatic heterocycles. The van der Waals surface area contributed by atoms with E-state index in [9.17, 15) is 4.79 Å². The second-order valence-electron chi connectivity index (χ2n) is 7.71. The van der Waals surface area contributed by atoms with Crippen molar-refractivity contribution in [3.05, 3.63) is 46.5 Å². The number of nitrogens with one attached hydrogen (secondary N) is 1. The number of hydrogen-bond acceptors (Lipinski definition) is 6. The smallest absolute Gasteiger partial charge is 0.263 e. The minimum atomic E-state index is -0.167. The van der Waals surface area contributed by atoms with Crippen LogP contribution in [0.3, 0.4) is 0 Å². The zero-order valence-corrected chi connectivity index (χ0v) is 18.3. The number of nitrogens with zero attached hydrogens (tertiary/aromatic N) is 2. The Bertz CT molecular complexity index is 1040. The number of aromatic nitrogens is 1. The number of thiophene rings is 1. The third kappa shape index (κ3) is 4.21. The van der Waals surface area contributed by atoms with E-state index in [4.69, 9.17) is 10.5 Å². The first-order valence-corrected chi connectivity index (χ1v) is 11.2. The maximum Gasteiger partial charge on any atom is 0.263 e. The number of methoxy groups -OCH3 is 1. The minimum absolute atomic E-state index is 0.167. The number of ether oxygens (including phenoxy) is 1. The molecule has 1 aromatic carbocycles. The minimum Gasteiger partial charge on any atom is -0.496 e. The van der Waals surface area contributed by atoms with Crippen molar-refractivity contribution in [2.24, 2.45) is 0 Å². The molecule has 0 spiro atoms. The molecule has 158 valence electrons. The van der Waals surface area contributed by atoms with Crippen LogP contribution in [0.5, 0.6) is 5.75 Å². The van der Waals surface area contributed by atoms with Crippen molar-refractivity contribution in [1.29, 1.82) is 0 Å². The van der Waals surface area contributed by atoms with E-state index in [1.165, 1.54) is 41.9 Å². The number of aryl methyl sites for hydroxylation is 1. The Kier molecular flexibility index (Phi) is 6.08. The van der Waals surface area contributed by atoms with Gasteiger partial charge in [-0.15, -0.1) is 11.3 Å². The lowest BCUT2D eigenvalue weighted by Gasteiger charge is -2.28. The van der Waals surface area contributed by atoms with E-state index in [-0.39, 0.29) is 5.91 Å². The first-order valence-electron chi connectivity index (χ1n) is 10.4. The summed E-state index contributed by atoms with van der Waals surface area (Å²) in [5, 5.41) is 3.71. The van der Waals surface area contributed by atoms with Crippen molar-refractivity contribution in [2.45, 2.75) is 32.6 Å². The normalized spacial score (nSPS) is 14.1. The number of benzene rings is 1. The summed E-state index contributed by atoms with van der Waals surface area (Å²) >= 11 is 1.31. The quantitative estimate of drug-likeness (QED) is 0.621. The molecule has 3 N–H and O–H groups in total. The number of fused-ring (bicyclic) bond motifs is 1. The maximum absolute atomic E-state index is 12.7. The van der Waals surface area contributed by atoms with E-state index < -0.39 is 0 Å². The summed E-state index contributed by atoms with van der Waals surface area (Å²) in [5.74, 6) is 0.485. The highest BCUT2D eigenvalue weighted by Gasteiger charge is 2.20. The van der Waals surface area contributed by atoms with Crippen molar-refractivity contribution >= 4 is 38.8 Å². The van der Waals surface area contributed by atoms with Gasteiger partial charge in [-0.3, -0.25) is 4.79 Å². The fraction of sp³-hybridized carbons (Fsp3) is 0.391. The fourth-order valence-corrected chi connectivity index (χ4v) is 5.03. The van der Waals surface area contributed by atoms with Gasteiger partial charge in [0.1, 0.15) is 15.5 Å². The standard InChI is InChI=1S/C23H28N4O2S/c1-15-14-18(29-2)19-20(24)21(30-23(19)26-15)22(28)25-11-10-16-6-8-17(9-7-16)27-12-4-3-5-13-27/h6-9,14H,3-5,10-13,24H2,1-2H3,(H,25,28). The van der Waals surface area contributed by atoms with E-state index in [0.29, 0.717) is 28.2 Å². The number of pyridine rings is 1. The molecule has 4 rings (SSSR count). The Morgan fingerprint density at radius 1 is 1.23 bits per heavy atom. The molecule has 6 nitrogen and oxygen atoms in total. The maximum atomic E-state index is 12.7. The van der Waals surface area contributed by atoms with Crippen LogP contribution in [0.15, 0.2) is 30.3 Å². The topological polar surface area (TPSA) is 80.5 Å². The summed E-state index contributed by atoms with van der Waals surface area (Å²) < 4.78 is 5.43. The third-order valence-electron chi connectivity index (χ3n) is 5.57. The monoisotopic (exact) mass is 424 g/mol. The van der Waals surface area contributed by atoms with Gasteiger partial charge in [-0.2, -0.15) is 0 Å². The Morgan fingerprint density at radius 3 is 2.67 bits per heavy atom.